The van der Waals surface area contributed by atoms with E-state index in [1.165, 1.54) is 0 Å². The fraction of sp³-hybridized carbons (Fsp3) is 0.400. The van der Waals surface area contributed by atoms with Crippen molar-refractivity contribution in [1.29, 1.82) is 0 Å². The first kappa shape index (κ1) is 31.8. The van der Waals surface area contributed by atoms with Crippen molar-refractivity contribution in [3.8, 4) is 11.1 Å². The van der Waals surface area contributed by atoms with Crippen LogP contribution in [0, 0.1) is 58.2 Å². The van der Waals surface area contributed by atoms with Gasteiger partial charge in [-0.1, -0.05) is 26.2 Å². The summed E-state index contributed by atoms with van der Waals surface area (Å²) in [5.74, 6) is -26.6. The van der Waals surface area contributed by atoms with Gasteiger partial charge in [0.25, 0.3) is 0 Å². The van der Waals surface area contributed by atoms with Crippen LogP contribution in [0.25, 0.3) is 11.1 Å². The molecule has 0 amide bonds. The van der Waals surface area contributed by atoms with Gasteiger partial charge in [0, 0.05) is 0 Å². The van der Waals surface area contributed by atoms with E-state index in [0.29, 0.717) is 6.42 Å². The number of hydrogen-bond acceptors (Lipinski definition) is 0. The summed E-state index contributed by atoms with van der Waals surface area (Å²) < 4.78 is 191. The van der Waals surface area contributed by atoms with Gasteiger partial charge in [0.1, 0.15) is 0 Å². The van der Waals surface area contributed by atoms with Gasteiger partial charge in [-0.15, -0.1) is 0 Å². The first-order valence-electron chi connectivity index (χ1n) is 9.65. The maximum absolute atomic E-state index is 13.4. The van der Waals surface area contributed by atoms with E-state index >= 15 is 0 Å². The Morgan fingerprint density at radius 1 is 0.472 bits per heavy atom. The molecule has 0 saturated carbocycles. The molecule has 0 spiro atoms. The van der Waals surface area contributed by atoms with E-state index in [0.717, 1.165) is 19.3 Å². The summed E-state index contributed by atoms with van der Waals surface area (Å²) >= 11 is 0. The molecule has 0 bridgehead atoms. The molecule has 0 nitrogen and oxygen atoms in total. The van der Waals surface area contributed by atoms with Gasteiger partial charge in [-0.05, 0) is 21.2 Å². The number of alkyl halides is 5. The Kier molecular flexibility index (Phi) is 10.9. The zero-order chi connectivity index (χ0) is 28.2. The van der Waals surface area contributed by atoms with E-state index in [4.69, 9.17) is 0 Å². The van der Waals surface area contributed by atoms with Crippen molar-refractivity contribution in [2.24, 2.45) is 0 Å². The van der Waals surface area contributed by atoms with E-state index in [1.807, 2.05) is 6.92 Å². The van der Waals surface area contributed by atoms with E-state index < -0.39 is 89.7 Å². The van der Waals surface area contributed by atoms with Gasteiger partial charge in [0.05, 0.1) is 11.1 Å². The zero-order valence-electron chi connectivity index (χ0n) is 17.7. The third kappa shape index (κ3) is 6.77. The van der Waals surface area contributed by atoms with E-state index in [2.05, 4.69) is 0 Å². The first-order chi connectivity index (χ1) is 16.4. The van der Waals surface area contributed by atoms with Gasteiger partial charge < -0.3 is 0 Å². The fourth-order valence-corrected chi connectivity index (χ4v) is 3.49. The number of rotatable bonds is 7. The molecule has 0 fully saturated rings. The highest BCUT2D eigenvalue weighted by Gasteiger charge is 2.56. The topological polar surface area (TPSA) is 0 Å². The molecule has 16 heteroatoms. The summed E-state index contributed by atoms with van der Waals surface area (Å²) in [7, 11) is -1.34. The summed E-state index contributed by atoms with van der Waals surface area (Å²) in [6, 6.07) is 0. The predicted molar refractivity (Wildman–Crippen MR) is 99.8 cm³/mol. The van der Waals surface area contributed by atoms with Gasteiger partial charge in [-0.2, -0.15) is 22.0 Å². The number of benzene rings is 2. The predicted octanol–water partition coefficient (Wildman–Crippen LogP) is 9.14. The molecule has 0 aliphatic rings. The number of unbranched alkanes of at least 4 members (excludes halogenated alkanes) is 3. The normalized spacial score (nSPS) is 12.3. The molecule has 2 aromatic carbocycles. The summed E-state index contributed by atoms with van der Waals surface area (Å²) in [6.07, 6.45) is -2.39. The Balaban J connectivity index is 0.000000402. The van der Waals surface area contributed by atoms with E-state index in [9.17, 15) is 65.9 Å². The average Bonchev–Trinajstić information content (AvgIpc) is 2.80. The Bertz CT molecular complexity index is 953. The summed E-state index contributed by atoms with van der Waals surface area (Å²) in [5.41, 5.74) is -9.01. The lowest BCUT2D eigenvalue weighted by atomic mass is 10.0. The van der Waals surface area contributed by atoms with Crippen molar-refractivity contribution < 1.29 is 65.9 Å². The largest absolute Gasteiger partial charge is 0.457 e. The second kappa shape index (κ2) is 12.4. The van der Waals surface area contributed by atoms with Gasteiger partial charge >= 0.3 is 11.8 Å². The van der Waals surface area contributed by atoms with Crippen molar-refractivity contribution in [3.05, 3.63) is 58.2 Å². The van der Waals surface area contributed by atoms with Gasteiger partial charge in [0.15, 0.2) is 46.5 Å². The summed E-state index contributed by atoms with van der Waals surface area (Å²) in [5, 5.41) is 0. The minimum atomic E-state index is -5.38. The fourth-order valence-electron chi connectivity index (χ4n) is 2.55. The molecule has 0 aromatic heterocycles. The van der Waals surface area contributed by atoms with Crippen molar-refractivity contribution in [3.63, 3.8) is 0 Å². The molecular formula is C20H14F15P. The molecule has 36 heavy (non-hydrogen) atoms. The number of halogens is 15. The Hall–Kier alpha value is -2.18. The van der Waals surface area contributed by atoms with Gasteiger partial charge in [-0.25, -0.2) is 43.9 Å². The zero-order valence-corrected chi connectivity index (χ0v) is 18.7. The second-order valence-electron chi connectivity index (χ2n) is 6.95. The van der Waals surface area contributed by atoms with Crippen LogP contribution in [0.2, 0.25) is 0 Å². The lowest BCUT2D eigenvalue weighted by Crippen LogP contribution is -2.31. The lowest BCUT2D eigenvalue weighted by Gasteiger charge is -2.19. The van der Waals surface area contributed by atoms with E-state index in [1.54, 1.807) is 0 Å². The Morgan fingerprint density at radius 2 is 0.778 bits per heavy atom. The van der Waals surface area contributed by atoms with E-state index in [-0.39, 0.29) is 6.16 Å². The molecule has 0 radical (unpaired) electrons. The smallest absolute Gasteiger partial charge is 0.203 e. The second-order valence-corrected chi connectivity index (χ2v) is 8.43. The lowest BCUT2D eigenvalue weighted by molar-refractivity contribution is -0.239. The standard InChI is InChI=1S/C12F10.C8H14F5P/c13-3-1(4(14)8(18)11(21)7(3)17)2-5(15)9(19)12(22)10(20)6(2)16;1-2-3-4-5-6-14-8(12,13)7(9,10)11/h;14H,2-6H2,1H3. The molecule has 0 aliphatic heterocycles. The minimum Gasteiger partial charge on any atom is -0.203 e. The van der Waals surface area contributed by atoms with Crippen LogP contribution in [-0.2, 0) is 0 Å². The number of hydrogen-bond donors (Lipinski definition) is 0. The van der Waals surface area contributed by atoms with Crippen LogP contribution >= 0.6 is 8.58 Å². The molecule has 0 N–H and O–H groups in total. The van der Waals surface area contributed by atoms with Crippen LogP contribution < -0.4 is 0 Å². The van der Waals surface area contributed by atoms with Crippen molar-refractivity contribution >= 4 is 8.58 Å². The molecule has 1 unspecified atom stereocenters. The molecular weight excluding hydrogens is 556 g/mol. The highest BCUT2D eigenvalue weighted by molar-refractivity contribution is 7.39. The van der Waals surface area contributed by atoms with Crippen LogP contribution in [0.1, 0.15) is 32.6 Å². The maximum Gasteiger partial charge on any atom is 0.457 e. The third-order valence-electron chi connectivity index (χ3n) is 4.40. The van der Waals surface area contributed by atoms with Crippen molar-refractivity contribution in [2.75, 3.05) is 6.16 Å². The van der Waals surface area contributed by atoms with Gasteiger partial charge in [0.2, 0.25) is 11.6 Å². The maximum atomic E-state index is 13.4. The van der Waals surface area contributed by atoms with Crippen LogP contribution in [0.4, 0.5) is 65.9 Å². The third-order valence-corrected chi connectivity index (χ3v) is 5.73. The van der Waals surface area contributed by atoms with Crippen LogP contribution in [0.15, 0.2) is 0 Å². The Morgan fingerprint density at radius 3 is 1.06 bits per heavy atom. The van der Waals surface area contributed by atoms with Crippen molar-refractivity contribution in [1.82, 2.24) is 0 Å². The Labute approximate surface area is 195 Å². The molecule has 204 valence electrons. The molecule has 2 rings (SSSR count). The highest BCUT2D eigenvalue weighted by atomic mass is 31.1. The first-order valence-corrected chi connectivity index (χ1v) is 10.9. The highest BCUT2D eigenvalue weighted by Crippen LogP contribution is 2.48. The van der Waals surface area contributed by atoms with Crippen LogP contribution in [0.3, 0.4) is 0 Å². The van der Waals surface area contributed by atoms with Crippen LogP contribution in [-0.4, -0.2) is 18.0 Å². The average molecular weight is 570 g/mol. The molecule has 0 saturated heterocycles. The molecule has 0 heterocycles. The van der Waals surface area contributed by atoms with Gasteiger partial charge in [-0.3, -0.25) is 0 Å². The summed E-state index contributed by atoms with van der Waals surface area (Å²) in [4.78, 5) is 0. The van der Waals surface area contributed by atoms with Crippen LogP contribution in [0.5, 0.6) is 0 Å². The van der Waals surface area contributed by atoms with Crippen molar-refractivity contribution in [2.45, 2.75) is 44.4 Å². The quantitative estimate of drug-likeness (QED) is 0.102. The minimum absolute atomic E-state index is 0.0352. The molecule has 0 aliphatic carbocycles. The molecule has 2 aromatic rings. The monoisotopic (exact) mass is 570 g/mol. The SMILES string of the molecule is CCCCCCPC(F)(F)C(F)(F)F.Fc1c(F)c(F)c(-c2c(F)c(F)c(F)c(F)c2F)c(F)c1F. The molecule has 1 atom stereocenters. The summed E-state index contributed by atoms with van der Waals surface area (Å²) in [6.45, 7) is 1.95.